The van der Waals surface area contributed by atoms with Crippen LogP contribution in [0.1, 0.15) is 15.1 Å². The second-order valence-corrected chi connectivity index (χ2v) is 14.2. The van der Waals surface area contributed by atoms with E-state index in [4.69, 9.17) is 19.1 Å². The number of rotatable bonds is 6. The minimum Gasteiger partial charge on any atom is -0.309 e. The highest BCUT2D eigenvalue weighted by Gasteiger charge is 2.17. The summed E-state index contributed by atoms with van der Waals surface area (Å²) in [5, 5.41) is 1.50. The SMILES string of the molecule is [2H]c1c([2H])c(-n2c3c([2H])c([2H])c([2H])c([2H])c3c3c([2H])c([2H])c(-c4cccc5c4sc4ccccc45)c([2H])c32)c([2H])c([2H])c1-c1nc(-c2ccccc2)nc(-c2ccc(-c3ccccc3)cc2)n1. The molecule has 5 heteroatoms. The molecular weight excluding hydrogens is 701 g/mol. The van der Waals surface area contributed by atoms with Gasteiger partial charge in [-0.2, -0.15) is 0 Å². The lowest BCUT2D eigenvalue weighted by molar-refractivity contribution is 1.07. The van der Waals surface area contributed by atoms with Crippen LogP contribution >= 0.6 is 11.3 Å². The van der Waals surface area contributed by atoms with Gasteiger partial charge in [-0.25, -0.2) is 15.0 Å². The van der Waals surface area contributed by atoms with Crippen LogP contribution in [0.2, 0.25) is 0 Å². The minimum absolute atomic E-state index is 0.0452. The molecule has 3 heterocycles. The molecule has 0 fully saturated rings. The fourth-order valence-corrected chi connectivity index (χ4v) is 8.34. The highest BCUT2D eigenvalue weighted by molar-refractivity contribution is 7.26. The Bertz CT molecular complexity index is 3850. The topological polar surface area (TPSA) is 43.6 Å². The van der Waals surface area contributed by atoms with Gasteiger partial charge in [0.1, 0.15) is 0 Å². The molecule has 11 aromatic rings. The Hall–Kier alpha value is -7.21. The molecule has 0 spiro atoms. The van der Waals surface area contributed by atoms with Crippen molar-refractivity contribution in [2.75, 3.05) is 0 Å². The van der Waals surface area contributed by atoms with E-state index in [0.29, 0.717) is 16.7 Å². The molecule has 0 aliphatic heterocycles. The summed E-state index contributed by atoms with van der Waals surface area (Å²) in [6, 6.07) is 34.0. The number of hydrogen-bond acceptors (Lipinski definition) is 4. The van der Waals surface area contributed by atoms with Crippen molar-refractivity contribution in [3.05, 3.63) is 194 Å². The third-order valence-electron chi connectivity index (χ3n) is 9.81. The summed E-state index contributed by atoms with van der Waals surface area (Å²) in [4.78, 5) is 14.3. The van der Waals surface area contributed by atoms with Crippen molar-refractivity contribution in [3.63, 3.8) is 0 Å². The maximum absolute atomic E-state index is 9.91. The van der Waals surface area contributed by atoms with E-state index in [0.717, 1.165) is 35.9 Å². The molecule has 56 heavy (non-hydrogen) atoms. The molecular formula is C51H32N4S. The smallest absolute Gasteiger partial charge is 0.164 e. The summed E-state index contributed by atoms with van der Waals surface area (Å²) in [5.41, 5.74) is 2.62. The number of aromatic nitrogens is 4. The zero-order valence-corrected chi connectivity index (χ0v) is 30.1. The Morgan fingerprint density at radius 2 is 0.982 bits per heavy atom. The second-order valence-electron chi connectivity index (χ2n) is 13.2. The van der Waals surface area contributed by atoms with Crippen molar-refractivity contribution in [2.24, 2.45) is 0 Å². The van der Waals surface area contributed by atoms with Crippen molar-refractivity contribution in [2.45, 2.75) is 0 Å². The van der Waals surface area contributed by atoms with Crippen LogP contribution in [0.25, 0.3) is 104 Å². The summed E-state index contributed by atoms with van der Waals surface area (Å²) >= 11 is 1.46. The van der Waals surface area contributed by atoms with E-state index in [-0.39, 0.29) is 62.5 Å². The largest absolute Gasteiger partial charge is 0.309 e. The molecule has 0 aliphatic carbocycles. The van der Waals surface area contributed by atoms with Crippen LogP contribution in [0.3, 0.4) is 0 Å². The van der Waals surface area contributed by atoms with Crippen LogP contribution in [0, 0.1) is 0 Å². The number of benzene rings is 8. The maximum atomic E-state index is 9.91. The lowest BCUT2D eigenvalue weighted by Crippen LogP contribution is -2.00. The lowest BCUT2D eigenvalue weighted by Gasteiger charge is -2.12. The van der Waals surface area contributed by atoms with E-state index < -0.39 is 60.1 Å². The van der Waals surface area contributed by atoms with Gasteiger partial charge in [0.25, 0.3) is 0 Å². The molecule has 0 saturated heterocycles. The minimum atomic E-state index is -0.643. The van der Waals surface area contributed by atoms with E-state index in [1.165, 1.54) is 11.3 Å². The normalized spacial score (nSPS) is 14.3. The van der Waals surface area contributed by atoms with Gasteiger partial charge in [0.15, 0.2) is 17.5 Å². The zero-order chi connectivity index (χ0) is 46.6. The van der Waals surface area contributed by atoms with Gasteiger partial charge < -0.3 is 4.57 Å². The molecule has 262 valence electrons. The average molecular weight is 744 g/mol. The van der Waals surface area contributed by atoms with Crippen LogP contribution in [0.5, 0.6) is 0 Å². The van der Waals surface area contributed by atoms with Crippen LogP contribution in [0.15, 0.2) is 194 Å². The number of para-hydroxylation sites is 1. The molecule has 8 aromatic carbocycles. The predicted molar refractivity (Wildman–Crippen MR) is 234 cm³/mol. The van der Waals surface area contributed by atoms with Gasteiger partial charge in [-0.15, -0.1) is 11.3 Å². The van der Waals surface area contributed by atoms with Crippen molar-refractivity contribution in [1.82, 2.24) is 19.5 Å². The Labute approximate surface area is 343 Å². The third-order valence-corrected chi connectivity index (χ3v) is 11.0. The summed E-state index contributed by atoms with van der Waals surface area (Å²) < 4.78 is 106. The average Bonchev–Trinajstić information content (AvgIpc) is 3.92. The maximum Gasteiger partial charge on any atom is 0.164 e. The van der Waals surface area contributed by atoms with Gasteiger partial charge >= 0.3 is 0 Å². The first-order chi connectivity index (χ1) is 32.3. The van der Waals surface area contributed by atoms with E-state index in [2.05, 4.69) is 0 Å². The van der Waals surface area contributed by atoms with E-state index >= 15 is 0 Å². The molecule has 0 amide bonds. The highest BCUT2D eigenvalue weighted by atomic mass is 32.1. The first-order valence-electron chi connectivity index (χ1n) is 23.4. The predicted octanol–water partition coefficient (Wildman–Crippen LogP) is 13.7. The summed E-state index contributed by atoms with van der Waals surface area (Å²) in [5.74, 6) is 0.300. The highest BCUT2D eigenvalue weighted by Crippen LogP contribution is 2.42. The molecule has 4 nitrogen and oxygen atoms in total. The number of hydrogen-bond donors (Lipinski definition) is 0. The van der Waals surface area contributed by atoms with E-state index in [1.54, 1.807) is 24.3 Å². The van der Waals surface area contributed by atoms with Crippen LogP contribution in [-0.4, -0.2) is 19.5 Å². The first kappa shape index (κ1) is 22.9. The van der Waals surface area contributed by atoms with Gasteiger partial charge in [-0.05, 0) is 64.6 Å². The molecule has 3 aromatic heterocycles. The molecule has 0 atom stereocenters. The molecule has 0 N–H and O–H groups in total. The molecule has 0 radical (unpaired) electrons. The number of nitrogens with zero attached hydrogens (tertiary/aromatic N) is 4. The van der Waals surface area contributed by atoms with Crippen LogP contribution < -0.4 is 0 Å². The molecule has 0 bridgehead atoms. The van der Waals surface area contributed by atoms with Gasteiger partial charge in [0.05, 0.1) is 26.1 Å². The fraction of sp³-hybridized carbons (Fsp3) is 0. The summed E-state index contributed by atoms with van der Waals surface area (Å²) in [6.45, 7) is 0. The van der Waals surface area contributed by atoms with Crippen LogP contribution in [-0.2, 0) is 0 Å². The fourth-order valence-electron chi connectivity index (χ4n) is 7.12. The first-order valence-corrected chi connectivity index (χ1v) is 18.7. The van der Waals surface area contributed by atoms with E-state index in [1.807, 2.05) is 103 Å². The molecule has 0 unspecified atom stereocenters. The van der Waals surface area contributed by atoms with Gasteiger partial charge in [0, 0.05) is 53.3 Å². The van der Waals surface area contributed by atoms with Gasteiger partial charge in [-0.1, -0.05) is 152 Å². The Morgan fingerprint density at radius 1 is 0.411 bits per heavy atom. The van der Waals surface area contributed by atoms with Crippen molar-refractivity contribution < 1.29 is 15.1 Å². The Kier molecular flexibility index (Phi) is 5.42. The van der Waals surface area contributed by atoms with Crippen molar-refractivity contribution in [1.29, 1.82) is 0 Å². The standard InChI is InChI=1S/C51H32N4S/c1-3-12-33(13-4-1)34-22-24-36(25-23-34)50-52-49(35-14-5-2-6-15-35)53-51(54-50)37-26-29-39(30-27-37)55-45-20-9-7-16-41(45)42-31-28-38(32-46(42)55)40-18-11-19-44-43-17-8-10-21-47(43)56-48(40)44/h1-32H/i7D,9D,16D,20D,26D,27D,28D,29D,30D,31D,32D. The molecule has 11 rings (SSSR count). The number of thiophene rings is 1. The summed E-state index contributed by atoms with van der Waals surface area (Å²) in [7, 11) is 0. The van der Waals surface area contributed by atoms with E-state index in [9.17, 15) is 11.0 Å². The van der Waals surface area contributed by atoms with Crippen LogP contribution in [0.4, 0.5) is 0 Å². The quantitative estimate of drug-likeness (QED) is 0.170. The molecule has 0 saturated carbocycles. The Morgan fingerprint density at radius 3 is 1.75 bits per heavy atom. The second kappa shape index (κ2) is 13.3. The third kappa shape index (κ3) is 5.48. The lowest BCUT2D eigenvalue weighted by atomic mass is 10.0. The zero-order valence-electron chi connectivity index (χ0n) is 40.3. The molecule has 0 aliphatic rings. The summed E-state index contributed by atoms with van der Waals surface area (Å²) in [6.07, 6.45) is 0. The van der Waals surface area contributed by atoms with Crippen molar-refractivity contribution in [3.8, 4) is 62.1 Å². The van der Waals surface area contributed by atoms with Gasteiger partial charge in [0.2, 0.25) is 0 Å². The Balaban J connectivity index is 1.19. The number of fused-ring (bicyclic) bond motifs is 6. The monoisotopic (exact) mass is 743 g/mol. The van der Waals surface area contributed by atoms with Crippen molar-refractivity contribution >= 4 is 53.3 Å². The van der Waals surface area contributed by atoms with Gasteiger partial charge in [-0.3, -0.25) is 0 Å².